The van der Waals surface area contributed by atoms with Gasteiger partial charge in [-0.15, -0.1) is 0 Å². The van der Waals surface area contributed by atoms with Gasteiger partial charge in [-0.2, -0.15) is 0 Å². The number of hydrogen-bond acceptors (Lipinski definition) is 3. The van der Waals surface area contributed by atoms with Crippen molar-refractivity contribution in [2.45, 2.75) is 0 Å². The zero-order valence-electron chi connectivity index (χ0n) is 11.0. The van der Waals surface area contributed by atoms with Gasteiger partial charge in [0.05, 0.1) is 0 Å². The lowest BCUT2D eigenvalue weighted by atomic mass is 10.2. The molecule has 1 aromatic heterocycles. The molecule has 0 amide bonds. The Morgan fingerprint density at radius 2 is 1.76 bits per heavy atom. The van der Waals surface area contributed by atoms with E-state index in [1.54, 1.807) is 24.3 Å². The Kier molecular flexibility index (Phi) is 3.75. The summed E-state index contributed by atoms with van der Waals surface area (Å²) < 4.78 is 11.1. The summed E-state index contributed by atoms with van der Waals surface area (Å²) in [5, 5.41) is 0.626. The first-order valence-electron chi connectivity index (χ1n) is 6.33. The van der Waals surface area contributed by atoms with Gasteiger partial charge in [-0.3, -0.25) is 4.79 Å². The molecule has 104 valence electrons. The molecular formula is C17H11ClO3. The van der Waals surface area contributed by atoms with Crippen molar-refractivity contribution < 1.29 is 13.9 Å². The molecule has 0 aliphatic heterocycles. The van der Waals surface area contributed by atoms with Crippen LogP contribution in [0.4, 0.5) is 0 Å². The van der Waals surface area contributed by atoms with Crippen molar-refractivity contribution in [2.75, 3.05) is 0 Å². The highest BCUT2D eigenvalue weighted by Gasteiger charge is 2.05. The average Bonchev–Trinajstić information content (AvgIpc) is 2.97. The number of ether oxygens (including phenoxy) is 1. The second-order valence-corrected chi connectivity index (χ2v) is 4.84. The van der Waals surface area contributed by atoms with Gasteiger partial charge in [-0.05, 0) is 54.6 Å². The molecular weight excluding hydrogens is 288 g/mol. The maximum absolute atomic E-state index is 10.6. The fourth-order valence-electron chi connectivity index (χ4n) is 1.93. The molecule has 0 unspecified atom stereocenters. The molecule has 0 fully saturated rings. The second-order valence-electron chi connectivity index (χ2n) is 4.40. The molecule has 0 bridgehead atoms. The van der Waals surface area contributed by atoms with Crippen LogP contribution in [0.15, 0.2) is 65.1 Å². The zero-order chi connectivity index (χ0) is 14.7. The first-order valence-corrected chi connectivity index (χ1v) is 6.71. The maximum Gasteiger partial charge on any atom is 0.185 e. The third-order valence-corrected chi connectivity index (χ3v) is 3.15. The Morgan fingerprint density at radius 1 is 0.952 bits per heavy atom. The van der Waals surface area contributed by atoms with Crippen LogP contribution in [0, 0.1) is 0 Å². The van der Waals surface area contributed by atoms with Crippen molar-refractivity contribution in [3.63, 3.8) is 0 Å². The molecule has 1 heterocycles. The lowest BCUT2D eigenvalue weighted by molar-refractivity contribution is 0.110. The smallest absolute Gasteiger partial charge is 0.185 e. The van der Waals surface area contributed by atoms with Gasteiger partial charge < -0.3 is 9.15 Å². The zero-order valence-corrected chi connectivity index (χ0v) is 11.7. The molecule has 4 heteroatoms. The van der Waals surface area contributed by atoms with E-state index in [-0.39, 0.29) is 0 Å². The summed E-state index contributed by atoms with van der Waals surface area (Å²) in [5.74, 6) is 2.33. The van der Waals surface area contributed by atoms with Gasteiger partial charge in [0.1, 0.15) is 17.3 Å². The Hall–Kier alpha value is -2.52. The van der Waals surface area contributed by atoms with E-state index in [1.165, 1.54) is 0 Å². The number of carbonyl (C=O) groups excluding carboxylic acids is 1. The monoisotopic (exact) mass is 298 g/mol. The standard InChI is InChI=1S/C17H11ClO3/c18-13-2-1-3-15(10-13)20-14-6-4-12(5-7-14)17-9-8-16(11-19)21-17/h1-11H. The lowest BCUT2D eigenvalue weighted by Gasteiger charge is -2.06. The van der Waals surface area contributed by atoms with Gasteiger partial charge in [0, 0.05) is 10.6 Å². The van der Waals surface area contributed by atoms with Crippen LogP contribution in [-0.2, 0) is 0 Å². The number of halogens is 1. The second kappa shape index (κ2) is 5.85. The molecule has 0 saturated heterocycles. The van der Waals surface area contributed by atoms with E-state index < -0.39 is 0 Å². The summed E-state index contributed by atoms with van der Waals surface area (Å²) in [7, 11) is 0. The topological polar surface area (TPSA) is 39.4 Å². The van der Waals surface area contributed by atoms with Gasteiger partial charge in [-0.1, -0.05) is 17.7 Å². The van der Waals surface area contributed by atoms with Crippen LogP contribution < -0.4 is 4.74 Å². The molecule has 2 aromatic carbocycles. The fourth-order valence-corrected chi connectivity index (χ4v) is 2.11. The summed E-state index contributed by atoms with van der Waals surface area (Å²) in [6, 6.07) is 18.0. The largest absolute Gasteiger partial charge is 0.457 e. The molecule has 3 aromatic rings. The number of furan rings is 1. The predicted octanol–water partition coefficient (Wildman–Crippen LogP) is 5.20. The van der Waals surface area contributed by atoms with Crippen molar-refractivity contribution in [1.29, 1.82) is 0 Å². The number of rotatable bonds is 4. The minimum atomic E-state index is 0.309. The molecule has 0 atom stereocenters. The molecule has 0 saturated carbocycles. The molecule has 0 radical (unpaired) electrons. The van der Waals surface area contributed by atoms with Crippen molar-refractivity contribution in [3.05, 3.63) is 71.4 Å². The Bertz CT molecular complexity index is 760. The van der Waals surface area contributed by atoms with Crippen molar-refractivity contribution >= 4 is 17.9 Å². The minimum Gasteiger partial charge on any atom is -0.457 e. The lowest BCUT2D eigenvalue weighted by Crippen LogP contribution is -1.84. The van der Waals surface area contributed by atoms with Crippen molar-refractivity contribution in [1.82, 2.24) is 0 Å². The summed E-state index contributed by atoms with van der Waals surface area (Å²) in [6.45, 7) is 0. The van der Waals surface area contributed by atoms with E-state index in [2.05, 4.69) is 0 Å². The molecule has 3 rings (SSSR count). The molecule has 0 aliphatic rings. The summed E-state index contributed by atoms with van der Waals surface area (Å²) in [6.07, 6.45) is 0.681. The number of carbonyl (C=O) groups is 1. The third kappa shape index (κ3) is 3.15. The normalized spacial score (nSPS) is 10.3. The van der Waals surface area contributed by atoms with Gasteiger partial charge in [0.2, 0.25) is 0 Å². The van der Waals surface area contributed by atoms with Crippen LogP contribution in [0.25, 0.3) is 11.3 Å². The van der Waals surface area contributed by atoms with Crippen LogP contribution in [0.3, 0.4) is 0 Å². The van der Waals surface area contributed by atoms with E-state index in [0.29, 0.717) is 34.3 Å². The fraction of sp³-hybridized carbons (Fsp3) is 0. The van der Waals surface area contributed by atoms with E-state index in [1.807, 2.05) is 36.4 Å². The van der Waals surface area contributed by atoms with Crippen LogP contribution >= 0.6 is 11.6 Å². The van der Waals surface area contributed by atoms with Gasteiger partial charge >= 0.3 is 0 Å². The Balaban J connectivity index is 1.79. The van der Waals surface area contributed by atoms with E-state index in [0.717, 1.165) is 5.56 Å². The molecule has 0 N–H and O–H groups in total. The Morgan fingerprint density at radius 3 is 2.43 bits per heavy atom. The summed E-state index contributed by atoms with van der Waals surface area (Å²) >= 11 is 5.91. The van der Waals surface area contributed by atoms with Gasteiger partial charge in [0.15, 0.2) is 12.0 Å². The molecule has 3 nitrogen and oxygen atoms in total. The highest BCUT2D eigenvalue weighted by molar-refractivity contribution is 6.30. The third-order valence-electron chi connectivity index (χ3n) is 2.91. The minimum absolute atomic E-state index is 0.309. The predicted molar refractivity (Wildman–Crippen MR) is 81.1 cm³/mol. The van der Waals surface area contributed by atoms with Crippen LogP contribution in [0.5, 0.6) is 11.5 Å². The number of benzene rings is 2. The first kappa shape index (κ1) is 13.5. The van der Waals surface area contributed by atoms with Gasteiger partial charge in [0.25, 0.3) is 0 Å². The quantitative estimate of drug-likeness (QED) is 0.621. The molecule has 0 aliphatic carbocycles. The van der Waals surface area contributed by atoms with E-state index in [9.17, 15) is 4.79 Å². The highest BCUT2D eigenvalue weighted by Crippen LogP contribution is 2.27. The number of hydrogen-bond donors (Lipinski definition) is 0. The van der Waals surface area contributed by atoms with Crippen LogP contribution in [0.1, 0.15) is 10.6 Å². The van der Waals surface area contributed by atoms with Crippen LogP contribution in [-0.4, -0.2) is 6.29 Å². The molecule has 21 heavy (non-hydrogen) atoms. The van der Waals surface area contributed by atoms with E-state index in [4.69, 9.17) is 20.8 Å². The van der Waals surface area contributed by atoms with Crippen LogP contribution in [0.2, 0.25) is 5.02 Å². The first-order chi connectivity index (χ1) is 10.2. The maximum atomic E-state index is 10.6. The SMILES string of the molecule is O=Cc1ccc(-c2ccc(Oc3cccc(Cl)c3)cc2)o1. The van der Waals surface area contributed by atoms with Gasteiger partial charge in [-0.25, -0.2) is 0 Å². The van der Waals surface area contributed by atoms with Crippen molar-refractivity contribution in [3.8, 4) is 22.8 Å². The highest BCUT2D eigenvalue weighted by atomic mass is 35.5. The number of aldehydes is 1. The van der Waals surface area contributed by atoms with Crippen molar-refractivity contribution in [2.24, 2.45) is 0 Å². The molecule has 0 spiro atoms. The Labute approximate surface area is 126 Å². The summed E-state index contributed by atoms with van der Waals surface area (Å²) in [5.41, 5.74) is 0.876. The summed E-state index contributed by atoms with van der Waals surface area (Å²) in [4.78, 5) is 10.6. The van der Waals surface area contributed by atoms with E-state index >= 15 is 0 Å². The average molecular weight is 299 g/mol.